The Kier molecular flexibility index (Phi) is 6.59. The van der Waals surface area contributed by atoms with E-state index in [1.807, 2.05) is 35.1 Å². The van der Waals surface area contributed by atoms with Crippen LogP contribution in [0.4, 0.5) is 8.78 Å². The van der Waals surface area contributed by atoms with Gasteiger partial charge < -0.3 is 9.64 Å². The Morgan fingerprint density at radius 3 is 2.48 bits per heavy atom. The molecule has 2 amide bonds. The number of likely N-dealkylation sites (tertiary alicyclic amines) is 1. The fraction of sp³-hybridized carbons (Fsp3) is 0.333. The maximum absolute atomic E-state index is 12.8. The van der Waals surface area contributed by atoms with E-state index in [1.165, 1.54) is 24.0 Å². The van der Waals surface area contributed by atoms with Gasteiger partial charge in [0.2, 0.25) is 5.91 Å². The number of carbonyl (C=O) groups is 2. The van der Waals surface area contributed by atoms with Gasteiger partial charge in [0.1, 0.15) is 11.3 Å². The minimum Gasteiger partial charge on any atom is -0.435 e. The molecule has 1 unspecified atom stereocenters. The molecule has 1 aliphatic heterocycles. The van der Waals surface area contributed by atoms with Gasteiger partial charge in [-0.25, -0.2) is 13.1 Å². The molecule has 2 aromatic rings. The van der Waals surface area contributed by atoms with Crippen molar-refractivity contribution in [2.45, 2.75) is 43.2 Å². The van der Waals surface area contributed by atoms with Gasteiger partial charge in [-0.1, -0.05) is 36.4 Å². The summed E-state index contributed by atoms with van der Waals surface area (Å²) in [6.45, 7) is -1.27. The Balaban J connectivity index is 1.66. The van der Waals surface area contributed by atoms with Crippen molar-refractivity contribution in [3.8, 4) is 5.75 Å². The van der Waals surface area contributed by atoms with Crippen LogP contribution in [0.25, 0.3) is 0 Å². The standard InChI is InChI=1S/C21H22F2N2O5S/c1-21(12-13-25(21)18(26)11-10-15-6-3-2-4-7-15)19(27)24-31(28,29)17-9-5-8-16(14-17)30-20(22)23/h2-9,14,20H,10-13H2,1H3,(H,24,27). The average molecular weight is 452 g/mol. The third-order valence-corrected chi connectivity index (χ3v) is 6.58. The highest BCUT2D eigenvalue weighted by molar-refractivity contribution is 7.90. The average Bonchev–Trinajstić information content (AvgIpc) is 2.71. The number of amides is 2. The largest absolute Gasteiger partial charge is 0.435 e. The van der Waals surface area contributed by atoms with Gasteiger partial charge in [-0.3, -0.25) is 9.59 Å². The molecule has 2 aromatic carbocycles. The molecule has 31 heavy (non-hydrogen) atoms. The van der Waals surface area contributed by atoms with E-state index >= 15 is 0 Å². The zero-order valence-corrected chi connectivity index (χ0v) is 17.6. The highest BCUT2D eigenvalue weighted by Crippen LogP contribution is 2.32. The van der Waals surface area contributed by atoms with E-state index in [2.05, 4.69) is 4.74 Å². The van der Waals surface area contributed by atoms with E-state index < -0.39 is 33.0 Å². The van der Waals surface area contributed by atoms with Crippen molar-refractivity contribution in [3.63, 3.8) is 0 Å². The fourth-order valence-electron chi connectivity index (χ4n) is 3.33. The van der Waals surface area contributed by atoms with E-state index in [9.17, 15) is 26.8 Å². The highest BCUT2D eigenvalue weighted by atomic mass is 32.2. The summed E-state index contributed by atoms with van der Waals surface area (Å²) in [7, 11) is -4.34. The van der Waals surface area contributed by atoms with E-state index in [1.54, 1.807) is 0 Å². The highest BCUT2D eigenvalue weighted by Gasteiger charge is 2.50. The first-order valence-electron chi connectivity index (χ1n) is 9.58. The van der Waals surface area contributed by atoms with Gasteiger partial charge in [0, 0.05) is 19.0 Å². The van der Waals surface area contributed by atoms with Gasteiger partial charge >= 0.3 is 6.61 Å². The number of ether oxygens (including phenoxy) is 1. The summed E-state index contributed by atoms with van der Waals surface area (Å²) < 4.78 is 56.1. The van der Waals surface area contributed by atoms with Crippen LogP contribution in [0, 0.1) is 0 Å². The number of alkyl halides is 2. The molecule has 1 fully saturated rings. The van der Waals surface area contributed by atoms with Crippen molar-refractivity contribution >= 4 is 21.8 Å². The maximum Gasteiger partial charge on any atom is 0.387 e. The number of aryl methyl sites for hydroxylation is 1. The monoisotopic (exact) mass is 452 g/mol. The molecule has 1 N–H and O–H groups in total. The third kappa shape index (κ3) is 5.19. The maximum atomic E-state index is 12.8. The Morgan fingerprint density at radius 2 is 1.87 bits per heavy atom. The molecule has 0 aromatic heterocycles. The smallest absolute Gasteiger partial charge is 0.387 e. The molecule has 7 nitrogen and oxygen atoms in total. The molecule has 0 bridgehead atoms. The molecule has 1 atom stereocenters. The number of carbonyl (C=O) groups excluding carboxylic acids is 2. The number of nitrogens with one attached hydrogen (secondary N) is 1. The summed E-state index contributed by atoms with van der Waals surface area (Å²) in [6, 6.07) is 13.8. The Labute approximate surface area is 179 Å². The molecular formula is C21H22F2N2O5S. The van der Waals surface area contributed by atoms with E-state index in [0.29, 0.717) is 19.4 Å². The van der Waals surface area contributed by atoms with Gasteiger partial charge in [0.05, 0.1) is 4.90 Å². The molecule has 1 saturated heterocycles. The van der Waals surface area contributed by atoms with Crippen molar-refractivity contribution in [1.82, 2.24) is 9.62 Å². The molecule has 1 aliphatic rings. The normalized spacial score (nSPS) is 18.4. The Morgan fingerprint density at radius 1 is 1.16 bits per heavy atom. The van der Waals surface area contributed by atoms with Crippen molar-refractivity contribution in [1.29, 1.82) is 0 Å². The first-order valence-corrected chi connectivity index (χ1v) is 11.1. The zero-order valence-electron chi connectivity index (χ0n) is 16.8. The quantitative estimate of drug-likeness (QED) is 0.665. The lowest BCUT2D eigenvalue weighted by atomic mass is 9.85. The molecular weight excluding hydrogens is 430 g/mol. The summed E-state index contributed by atoms with van der Waals surface area (Å²) in [6.07, 6.45) is 0.996. The Bertz CT molecular complexity index is 1060. The fourth-order valence-corrected chi connectivity index (χ4v) is 4.45. The zero-order chi connectivity index (χ0) is 22.6. The summed E-state index contributed by atoms with van der Waals surface area (Å²) >= 11 is 0. The topological polar surface area (TPSA) is 92.8 Å². The summed E-state index contributed by atoms with van der Waals surface area (Å²) in [5, 5.41) is 0. The lowest BCUT2D eigenvalue weighted by Crippen LogP contribution is -2.67. The molecule has 0 radical (unpaired) electrons. The van der Waals surface area contributed by atoms with E-state index in [4.69, 9.17) is 0 Å². The van der Waals surface area contributed by atoms with Gasteiger partial charge in [-0.2, -0.15) is 8.78 Å². The van der Waals surface area contributed by atoms with E-state index in [0.717, 1.165) is 17.7 Å². The molecule has 0 saturated carbocycles. The first-order chi connectivity index (χ1) is 14.6. The van der Waals surface area contributed by atoms with Gasteiger partial charge in [-0.15, -0.1) is 0 Å². The van der Waals surface area contributed by atoms with Crippen LogP contribution in [-0.4, -0.2) is 43.8 Å². The third-order valence-electron chi connectivity index (χ3n) is 5.25. The number of sulfonamides is 1. The molecule has 10 heteroatoms. The predicted octanol–water partition coefficient (Wildman–Crippen LogP) is 2.72. The number of hydrogen-bond donors (Lipinski definition) is 1. The predicted molar refractivity (Wildman–Crippen MR) is 108 cm³/mol. The number of nitrogens with zero attached hydrogens (tertiary/aromatic N) is 1. The summed E-state index contributed by atoms with van der Waals surface area (Å²) in [4.78, 5) is 26.3. The van der Waals surface area contributed by atoms with Crippen molar-refractivity contribution in [2.24, 2.45) is 0 Å². The summed E-state index contributed by atoms with van der Waals surface area (Å²) in [5.74, 6) is -1.46. The van der Waals surface area contributed by atoms with Crippen molar-refractivity contribution < 1.29 is 31.5 Å². The van der Waals surface area contributed by atoms with Crippen LogP contribution in [0.1, 0.15) is 25.3 Å². The number of benzene rings is 2. The lowest BCUT2D eigenvalue weighted by molar-refractivity contribution is -0.156. The van der Waals surface area contributed by atoms with Crippen LogP contribution in [0.2, 0.25) is 0 Å². The Hall–Kier alpha value is -3.01. The number of rotatable bonds is 8. The minimum atomic E-state index is -4.34. The van der Waals surface area contributed by atoms with Crippen LogP contribution in [0.3, 0.4) is 0 Å². The molecule has 0 spiro atoms. The number of hydrogen-bond acceptors (Lipinski definition) is 5. The van der Waals surface area contributed by atoms with Crippen LogP contribution in [0.15, 0.2) is 59.5 Å². The van der Waals surface area contributed by atoms with Crippen molar-refractivity contribution in [3.05, 3.63) is 60.2 Å². The molecule has 0 aliphatic carbocycles. The van der Waals surface area contributed by atoms with E-state index in [-0.39, 0.29) is 18.1 Å². The molecule has 1 heterocycles. The minimum absolute atomic E-state index is 0.187. The van der Waals surface area contributed by atoms with Crippen LogP contribution >= 0.6 is 0 Å². The van der Waals surface area contributed by atoms with Gasteiger partial charge in [0.25, 0.3) is 15.9 Å². The van der Waals surface area contributed by atoms with Crippen LogP contribution < -0.4 is 9.46 Å². The van der Waals surface area contributed by atoms with Crippen molar-refractivity contribution in [2.75, 3.05) is 6.54 Å². The van der Waals surface area contributed by atoms with Gasteiger partial charge in [-0.05, 0) is 37.5 Å². The second-order valence-corrected chi connectivity index (χ2v) is 9.03. The second-order valence-electron chi connectivity index (χ2n) is 7.34. The first kappa shape index (κ1) is 22.7. The van der Waals surface area contributed by atoms with Crippen LogP contribution in [-0.2, 0) is 26.0 Å². The lowest BCUT2D eigenvalue weighted by Gasteiger charge is -2.49. The molecule has 3 rings (SSSR count). The van der Waals surface area contributed by atoms with Gasteiger partial charge in [0.15, 0.2) is 0 Å². The SMILES string of the molecule is CC1(C(=O)NS(=O)(=O)c2cccc(OC(F)F)c2)CCN1C(=O)CCc1ccccc1. The summed E-state index contributed by atoms with van der Waals surface area (Å²) in [5.41, 5.74) is -0.325. The second kappa shape index (κ2) is 9.01. The van der Waals surface area contributed by atoms with Crippen LogP contribution in [0.5, 0.6) is 5.75 Å². The number of halogens is 2. The molecule has 166 valence electrons.